The highest BCUT2D eigenvalue weighted by atomic mass is 32.1. The standard InChI is InChI=1S/C17H21N3O4S/c1-5-12-10(2)25-17(19-12)20-15(21)9-18-16(22)11-6-7-13(23-3)14(8-11)24-4/h6-8H,5,9H2,1-4H3,(H,18,22)(H,19,20,21). The van der Waals surface area contributed by atoms with E-state index in [-0.39, 0.29) is 18.4 Å². The molecule has 0 radical (unpaired) electrons. The predicted molar refractivity (Wildman–Crippen MR) is 96.7 cm³/mol. The van der Waals surface area contributed by atoms with Gasteiger partial charge in [-0.15, -0.1) is 11.3 Å². The van der Waals surface area contributed by atoms with Crippen LogP contribution in [0, 0.1) is 6.92 Å². The molecule has 1 aromatic heterocycles. The molecule has 0 saturated heterocycles. The maximum absolute atomic E-state index is 12.2. The topological polar surface area (TPSA) is 89.6 Å². The molecule has 0 bridgehead atoms. The first-order chi connectivity index (χ1) is 12.0. The van der Waals surface area contributed by atoms with Gasteiger partial charge in [-0.2, -0.15) is 0 Å². The zero-order chi connectivity index (χ0) is 18.4. The molecule has 0 aliphatic rings. The number of amides is 2. The van der Waals surface area contributed by atoms with Crippen molar-refractivity contribution in [1.29, 1.82) is 0 Å². The van der Waals surface area contributed by atoms with Gasteiger partial charge in [-0.25, -0.2) is 4.98 Å². The molecule has 0 saturated carbocycles. The molecule has 2 amide bonds. The molecule has 0 unspecified atom stereocenters. The van der Waals surface area contributed by atoms with Crippen molar-refractivity contribution in [3.63, 3.8) is 0 Å². The van der Waals surface area contributed by atoms with Crippen LogP contribution in [0.25, 0.3) is 0 Å². The second-order valence-corrected chi connectivity index (χ2v) is 6.38. The summed E-state index contributed by atoms with van der Waals surface area (Å²) in [7, 11) is 3.01. The van der Waals surface area contributed by atoms with Crippen molar-refractivity contribution in [3.05, 3.63) is 34.3 Å². The Morgan fingerprint density at radius 3 is 2.52 bits per heavy atom. The van der Waals surface area contributed by atoms with Gasteiger partial charge in [-0.05, 0) is 31.5 Å². The Balaban J connectivity index is 1.93. The van der Waals surface area contributed by atoms with E-state index in [0.29, 0.717) is 22.2 Å². The highest BCUT2D eigenvalue weighted by Crippen LogP contribution is 2.27. The molecular weight excluding hydrogens is 342 g/mol. The van der Waals surface area contributed by atoms with Gasteiger partial charge in [0.1, 0.15) is 0 Å². The number of nitrogens with one attached hydrogen (secondary N) is 2. The normalized spacial score (nSPS) is 10.2. The van der Waals surface area contributed by atoms with Crippen molar-refractivity contribution < 1.29 is 19.1 Å². The second-order valence-electron chi connectivity index (χ2n) is 5.18. The number of carbonyl (C=O) groups excluding carboxylic acids is 2. The summed E-state index contributed by atoms with van der Waals surface area (Å²) in [6, 6.07) is 4.80. The van der Waals surface area contributed by atoms with Gasteiger partial charge in [0.2, 0.25) is 5.91 Å². The van der Waals surface area contributed by atoms with Crippen LogP contribution in [0.5, 0.6) is 11.5 Å². The summed E-state index contributed by atoms with van der Waals surface area (Å²) in [5.74, 6) is 0.276. The first-order valence-corrected chi connectivity index (χ1v) is 8.56. The first-order valence-electron chi connectivity index (χ1n) is 7.74. The average molecular weight is 363 g/mol. The van der Waals surface area contributed by atoms with E-state index in [4.69, 9.17) is 9.47 Å². The summed E-state index contributed by atoms with van der Waals surface area (Å²) < 4.78 is 10.3. The van der Waals surface area contributed by atoms with Crippen molar-refractivity contribution in [1.82, 2.24) is 10.3 Å². The van der Waals surface area contributed by atoms with Crippen molar-refractivity contribution in [2.24, 2.45) is 0 Å². The van der Waals surface area contributed by atoms with E-state index in [2.05, 4.69) is 15.6 Å². The van der Waals surface area contributed by atoms with Gasteiger partial charge in [-0.1, -0.05) is 6.92 Å². The highest BCUT2D eigenvalue weighted by Gasteiger charge is 2.13. The third kappa shape index (κ3) is 4.69. The fraction of sp³-hybridized carbons (Fsp3) is 0.353. The minimum Gasteiger partial charge on any atom is -0.493 e. The van der Waals surface area contributed by atoms with Crippen LogP contribution in [0.1, 0.15) is 27.9 Å². The van der Waals surface area contributed by atoms with Crippen molar-refractivity contribution in [2.45, 2.75) is 20.3 Å². The summed E-state index contributed by atoms with van der Waals surface area (Å²) in [6.45, 7) is 3.83. The Morgan fingerprint density at radius 1 is 1.20 bits per heavy atom. The molecule has 0 fully saturated rings. The van der Waals surface area contributed by atoms with Crippen LogP contribution in [-0.4, -0.2) is 37.6 Å². The summed E-state index contributed by atoms with van der Waals surface area (Å²) >= 11 is 1.42. The Labute approximate surface area is 150 Å². The summed E-state index contributed by atoms with van der Waals surface area (Å²) in [5, 5.41) is 5.81. The summed E-state index contributed by atoms with van der Waals surface area (Å²) in [4.78, 5) is 29.6. The molecule has 2 aromatic rings. The largest absolute Gasteiger partial charge is 0.493 e. The Kier molecular flexibility index (Phi) is 6.35. The van der Waals surface area contributed by atoms with Crippen molar-refractivity contribution in [2.75, 3.05) is 26.1 Å². The molecule has 0 aliphatic carbocycles. The van der Waals surface area contributed by atoms with Crippen LogP contribution in [0.3, 0.4) is 0 Å². The number of carbonyl (C=O) groups is 2. The Morgan fingerprint density at radius 2 is 1.92 bits per heavy atom. The summed E-state index contributed by atoms with van der Waals surface area (Å²) in [6.07, 6.45) is 0.814. The number of benzene rings is 1. The lowest BCUT2D eigenvalue weighted by Crippen LogP contribution is -2.32. The van der Waals surface area contributed by atoms with Crippen LogP contribution in [-0.2, 0) is 11.2 Å². The molecule has 0 atom stereocenters. The molecule has 8 heteroatoms. The van der Waals surface area contributed by atoms with E-state index in [1.54, 1.807) is 18.2 Å². The lowest BCUT2D eigenvalue weighted by atomic mass is 10.2. The quantitative estimate of drug-likeness (QED) is 0.788. The van der Waals surface area contributed by atoms with Crippen molar-refractivity contribution >= 4 is 28.3 Å². The number of aryl methyl sites for hydroxylation is 2. The smallest absolute Gasteiger partial charge is 0.251 e. The fourth-order valence-electron chi connectivity index (χ4n) is 2.21. The molecule has 1 heterocycles. The van der Waals surface area contributed by atoms with Gasteiger partial charge in [0.05, 0.1) is 26.5 Å². The van der Waals surface area contributed by atoms with Gasteiger partial charge in [0.15, 0.2) is 16.6 Å². The number of ether oxygens (including phenoxy) is 2. The molecule has 7 nitrogen and oxygen atoms in total. The summed E-state index contributed by atoms with van der Waals surface area (Å²) in [5.41, 5.74) is 1.35. The highest BCUT2D eigenvalue weighted by molar-refractivity contribution is 7.15. The monoisotopic (exact) mass is 363 g/mol. The average Bonchev–Trinajstić information content (AvgIpc) is 2.98. The lowest BCUT2D eigenvalue weighted by Gasteiger charge is -2.10. The number of hydrogen-bond donors (Lipinski definition) is 2. The van der Waals surface area contributed by atoms with E-state index in [0.717, 1.165) is 17.0 Å². The number of rotatable bonds is 7. The van der Waals surface area contributed by atoms with E-state index in [9.17, 15) is 9.59 Å². The minimum absolute atomic E-state index is 0.146. The van der Waals surface area contributed by atoms with Crippen LogP contribution in [0.4, 0.5) is 5.13 Å². The fourth-order valence-corrected chi connectivity index (χ4v) is 3.13. The van der Waals surface area contributed by atoms with Crippen LogP contribution >= 0.6 is 11.3 Å². The lowest BCUT2D eigenvalue weighted by molar-refractivity contribution is -0.115. The van der Waals surface area contributed by atoms with Crippen LogP contribution in [0.2, 0.25) is 0 Å². The molecule has 25 heavy (non-hydrogen) atoms. The minimum atomic E-state index is -0.374. The van der Waals surface area contributed by atoms with Gasteiger partial charge in [-0.3, -0.25) is 9.59 Å². The van der Waals surface area contributed by atoms with Gasteiger partial charge < -0.3 is 20.1 Å². The third-order valence-electron chi connectivity index (χ3n) is 3.53. The van der Waals surface area contributed by atoms with E-state index < -0.39 is 0 Å². The van der Waals surface area contributed by atoms with E-state index in [1.807, 2.05) is 13.8 Å². The third-order valence-corrected chi connectivity index (χ3v) is 4.46. The number of methoxy groups -OCH3 is 2. The molecule has 0 spiro atoms. The number of hydrogen-bond acceptors (Lipinski definition) is 6. The number of aromatic nitrogens is 1. The molecule has 2 rings (SSSR count). The zero-order valence-corrected chi connectivity index (χ0v) is 15.5. The zero-order valence-electron chi connectivity index (χ0n) is 14.6. The molecule has 1 aromatic carbocycles. The first kappa shape index (κ1) is 18.7. The molecule has 2 N–H and O–H groups in total. The van der Waals surface area contributed by atoms with Gasteiger partial charge >= 0.3 is 0 Å². The van der Waals surface area contributed by atoms with Gasteiger partial charge in [0, 0.05) is 10.4 Å². The number of anilines is 1. The van der Waals surface area contributed by atoms with Crippen molar-refractivity contribution in [3.8, 4) is 11.5 Å². The van der Waals surface area contributed by atoms with Crippen LogP contribution < -0.4 is 20.1 Å². The van der Waals surface area contributed by atoms with E-state index >= 15 is 0 Å². The number of thiazole rings is 1. The van der Waals surface area contributed by atoms with Crippen LogP contribution in [0.15, 0.2) is 18.2 Å². The SMILES string of the molecule is CCc1nc(NC(=O)CNC(=O)c2ccc(OC)c(OC)c2)sc1C. The predicted octanol–water partition coefficient (Wildman–Crippen LogP) is 2.40. The second kappa shape index (κ2) is 8.48. The maximum Gasteiger partial charge on any atom is 0.251 e. The molecule has 0 aliphatic heterocycles. The molecular formula is C17H21N3O4S. The number of nitrogens with zero attached hydrogens (tertiary/aromatic N) is 1. The molecule has 134 valence electrons. The Hall–Kier alpha value is -2.61. The Bertz CT molecular complexity index is 773. The van der Waals surface area contributed by atoms with E-state index in [1.165, 1.54) is 25.6 Å². The van der Waals surface area contributed by atoms with Gasteiger partial charge in [0.25, 0.3) is 5.91 Å². The maximum atomic E-state index is 12.2.